The van der Waals surface area contributed by atoms with Crippen molar-refractivity contribution in [2.45, 2.75) is 20.4 Å². The van der Waals surface area contributed by atoms with Gasteiger partial charge in [-0.15, -0.1) is 6.42 Å². The van der Waals surface area contributed by atoms with Crippen LogP contribution < -0.4 is 0 Å². The van der Waals surface area contributed by atoms with E-state index in [0.717, 1.165) is 13.1 Å². The van der Waals surface area contributed by atoms with Gasteiger partial charge in [0.25, 0.3) is 0 Å². The van der Waals surface area contributed by atoms with Gasteiger partial charge in [0.2, 0.25) is 5.91 Å². The summed E-state index contributed by atoms with van der Waals surface area (Å²) >= 11 is 0. The number of carbonyl (C=O) groups is 1. The maximum atomic E-state index is 11.7. The molecule has 0 fully saturated rings. The van der Waals surface area contributed by atoms with E-state index in [1.54, 1.807) is 22.0 Å². The summed E-state index contributed by atoms with van der Waals surface area (Å²) in [5, 5.41) is 4.00. The number of nitrogens with zero attached hydrogens (tertiary/aromatic N) is 3. The minimum Gasteiger partial charge on any atom is -0.342 e. The van der Waals surface area contributed by atoms with Crippen molar-refractivity contribution < 1.29 is 4.79 Å². The van der Waals surface area contributed by atoms with Gasteiger partial charge in [0, 0.05) is 19.3 Å². The number of likely N-dealkylation sites (N-methyl/N-ethyl adjacent to an activating group) is 1. The Morgan fingerprint density at radius 2 is 2.27 bits per heavy atom. The van der Waals surface area contributed by atoms with Crippen LogP contribution in [-0.2, 0) is 11.3 Å². The van der Waals surface area contributed by atoms with Crippen LogP contribution in [0.15, 0.2) is 12.4 Å². The fraction of sp³-hybridized carbons (Fsp3) is 0.455. The van der Waals surface area contributed by atoms with Gasteiger partial charge in [-0.3, -0.25) is 9.48 Å². The second-order valence-electron chi connectivity index (χ2n) is 3.14. The highest BCUT2D eigenvalue weighted by molar-refractivity contribution is 5.75. The quantitative estimate of drug-likeness (QED) is 0.680. The zero-order chi connectivity index (χ0) is 11.3. The van der Waals surface area contributed by atoms with E-state index in [1.165, 1.54) is 0 Å². The molecule has 4 nitrogen and oxygen atoms in total. The molecule has 1 aromatic rings. The second-order valence-corrected chi connectivity index (χ2v) is 3.14. The van der Waals surface area contributed by atoms with Gasteiger partial charge >= 0.3 is 0 Å². The van der Waals surface area contributed by atoms with Crippen molar-refractivity contribution in [1.29, 1.82) is 0 Å². The number of terminal acetylenes is 1. The highest BCUT2D eigenvalue weighted by Gasteiger charge is 2.10. The van der Waals surface area contributed by atoms with Gasteiger partial charge < -0.3 is 4.90 Å². The van der Waals surface area contributed by atoms with Crippen LogP contribution in [-0.4, -0.2) is 33.7 Å². The third kappa shape index (κ3) is 2.84. The number of rotatable bonds is 4. The minimum absolute atomic E-state index is 0.0617. The summed E-state index contributed by atoms with van der Waals surface area (Å²) < 4.78 is 1.57. The lowest BCUT2D eigenvalue weighted by atomic mass is 10.4. The molecule has 1 aromatic heterocycles. The molecule has 4 heteroatoms. The molecule has 0 bridgehead atoms. The fourth-order valence-electron chi connectivity index (χ4n) is 1.34. The van der Waals surface area contributed by atoms with Gasteiger partial charge in [-0.05, 0) is 13.8 Å². The predicted molar refractivity (Wildman–Crippen MR) is 58.1 cm³/mol. The lowest BCUT2D eigenvalue weighted by Gasteiger charge is -2.18. The Hall–Kier alpha value is -1.76. The molecule has 0 atom stereocenters. The summed E-state index contributed by atoms with van der Waals surface area (Å²) in [4.78, 5) is 13.4. The van der Waals surface area contributed by atoms with Crippen molar-refractivity contribution in [3.05, 3.63) is 18.0 Å². The van der Waals surface area contributed by atoms with E-state index >= 15 is 0 Å². The van der Waals surface area contributed by atoms with Crippen molar-refractivity contribution >= 4 is 5.91 Å². The molecule has 0 spiro atoms. The number of aromatic nitrogens is 2. The van der Waals surface area contributed by atoms with Crippen molar-refractivity contribution in [2.75, 3.05) is 13.1 Å². The van der Waals surface area contributed by atoms with Crippen molar-refractivity contribution in [2.24, 2.45) is 0 Å². The Balaban J connectivity index is 2.62. The first-order chi connectivity index (χ1) is 7.21. The number of hydrogen-bond acceptors (Lipinski definition) is 2. The fourth-order valence-corrected chi connectivity index (χ4v) is 1.34. The van der Waals surface area contributed by atoms with Gasteiger partial charge in [-0.2, -0.15) is 5.10 Å². The monoisotopic (exact) mass is 205 g/mol. The molecule has 80 valence electrons. The Labute approximate surface area is 89.9 Å². The van der Waals surface area contributed by atoms with Crippen LogP contribution in [0, 0.1) is 12.3 Å². The average Bonchev–Trinajstić information content (AvgIpc) is 2.67. The summed E-state index contributed by atoms with van der Waals surface area (Å²) in [5.74, 6) is 2.53. The van der Waals surface area contributed by atoms with Gasteiger partial charge in [-0.1, -0.05) is 5.92 Å². The van der Waals surface area contributed by atoms with E-state index in [0.29, 0.717) is 5.56 Å². The van der Waals surface area contributed by atoms with Crippen LogP contribution in [0.1, 0.15) is 19.4 Å². The van der Waals surface area contributed by atoms with Crippen molar-refractivity contribution in [3.63, 3.8) is 0 Å². The highest BCUT2D eigenvalue weighted by atomic mass is 16.2. The molecule has 0 saturated carbocycles. The Bertz CT molecular complexity index is 371. The molecule has 0 saturated heterocycles. The molecule has 0 unspecified atom stereocenters. The van der Waals surface area contributed by atoms with Crippen LogP contribution in [0.5, 0.6) is 0 Å². The summed E-state index contributed by atoms with van der Waals surface area (Å²) in [7, 11) is 0. The summed E-state index contributed by atoms with van der Waals surface area (Å²) in [6.45, 7) is 5.61. The van der Waals surface area contributed by atoms with Gasteiger partial charge in [0.15, 0.2) is 0 Å². The van der Waals surface area contributed by atoms with Gasteiger partial charge in [-0.25, -0.2) is 0 Å². The smallest absolute Gasteiger partial charge is 0.244 e. The number of carbonyl (C=O) groups excluding carboxylic acids is 1. The Morgan fingerprint density at radius 1 is 1.60 bits per heavy atom. The van der Waals surface area contributed by atoms with E-state index in [4.69, 9.17) is 6.42 Å². The first-order valence-electron chi connectivity index (χ1n) is 4.98. The largest absolute Gasteiger partial charge is 0.342 e. The Kier molecular flexibility index (Phi) is 3.92. The zero-order valence-corrected chi connectivity index (χ0v) is 9.10. The van der Waals surface area contributed by atoms with Crippen LogP contribution in [0.4, 0.5) is 0 Å². The Morgan fingerprint density at radius 3 is 2.73 bits per heavy atom. The first-order valence-corrected chi connectivity index (χ1v) is 4.98. The van der Waals surface area contributed by atoms with Gasteiger partial charge in [0.05, 0.1) is 11.8 Å². The molecule has 1 heterocycles. The maximum Gasteiger partial charge on any atom is 0.244 e. The van der Waals surface area contributed by atoms with Crippen LogP contribution in [0.25, 0.3) is 0 Å². The molecule has 1 rings (SSSR count). The first kappa shape index (κ1) is 11.3. The van der Waals surface area contributed by atoms with E-state index in [2.05, 4.69) is 11.0 Å². The molecule has 0 N–H and O–H groups in total. The zero-order valence-electron chi connectivity index (χ0n) is 9.10. The van der Waals surface area contributed by atoms with E-state index in [9.17, 15) is 4.79 Å². The molecular weight excluding hydrogens is 190 g/mol. The summed E-state index contributed by atoms with van der Waals surface area (Å²) in [6.07, 6.45) is 8.48. The predicted octanol–water partition coefficient (Wildman–Crippen LogP) is 0.733. The van der Waals surface area contributed by atoms with Crippen LogP contribution >= 0.6 is 0 Å². The van der Waals surface area contributed by atoms with Crippen LogP contribution in [0.3, 0.4) is 0 Å². The summed E-state index contributed by atoms with van der Waals surface area (Å²) in [6, 6.07) is 0. The molecule has 0 aliphatic rings. The third-order valence-electron chi connectivity index (χ3n) is 2.21. The van der Waals surface area contributed by atoms with Crippen molar-refractivity contribution in [3.8, 4) is 12.3 Å². The SMILES string of the molecule is C#Cc1cnn(CC(=O)N(CC)CC)c1. The minimum atomic E-state index is 0.0617. The lowest BCUT2D eigenvalue weighted by Crippen LogP contribution is -2.33. The third-order valence-corrected chi connectivity index (χ3v) is 2.21. The molecule has 0 radical (unpaired) electrons. The maximum absolute atomic E-state index is 11.7. The summed E-state index contributed by atoms with van der Waals surface area (Å²) in [5.41, 5.74) is 0.697. The topological polar surface area (TPSA) is 38.1 Å². The molecule has 15 heavy (non-hydrogen) atoms. The molecule has 1 amide bonds. The number of amides is 1. The molecular formula is C11H15N3O. The van der Waals surface area contributed by atoms with Crippen molar-refractivity contribution in [1.82, 2.24) is 14.7 Å². The second kappa shape index (κ2) is 5.20. The van der Waals surface area contributed by atoms with Crippen LogP contribution in [0.2, 0.25) is 0 Å². The number of hydrogen-bond donors (Lipinski definition) is 0. The standard InChI is InChI=1S/C11H15N3O/c1-4-10-7-12-14(8-10)9-11(15)13(5-2)6-3/h1,7-8H,5-6,9H2,2-3H3. The van der Waals surface area contributed by atoms with Gasteiger partial charge in [0.1, 0.15) is 6.54 Å². The normalized spacial score (nSPS) is 9.67. The van der Waals surface area contributed by atoms with E-state index < -0.39 is 0 Å². The molecule has 0 aromatic carbocycles. The van der Waals surface area contributed by atoms with E-state index in [1.807, 2.05) is 13.8 Å². The van der Waals surface area contributed by atoms with E-state index in [-0.39, 0.29) is 12.5 Å². The molecule has 0 aliphatic heterocycles. The highest BCUT2D eigenvalue weighted by Crippen LogP contribution is 1.97. The molecule has 0 aliphatic carbocycles. The lowest BCUT2D eigenvalue weighted by molar-refractivity contribution is -0.131. The average molecular weight is 205 g/mol.